The van der Waals surface area contributed by atoms with Crippen LogP contribution in [-0.4, -0.2) is 34.9 Å². The molecule has 1 aliphatic rings. The first-order valence-corrected chi connectivity index (χ1v) is 11.0. The highest BCUT2D eigenvalue weighted by molar-refractivity contribution is 5.94. The van der Waals surface area contributed by atoms with Crippen LogP contribution in [0.2, 0.25) is 0 Å². The summed E-state index contributed by atoms with van der Waals surface area (Å²) in [5.74, 6) is -2.31. The number of esters is 1. The number of alkyl halides is 2. The van der Waals surface area contributed by atoms with Crippen molar-refractivity contribution in [2.24, 2.45) is 11.7 Å². The Balaban J connectivity index is 1.72. The lowest BCUT2D eigenvalue weighted by molar-refractivity contribution is -0.132. The van der Waals surface area contributed by atoms with E-state index in [0.717, 1.165) is 38.5 Å². The van der Waals surface area contributed by atoms with E-state index in [-0.39, 0.29) is 17.2 Å². The van der Waals surface area contributed by atoms with E-state index in [2.05, 4.69) is 59.9 Å². The number of carbonyl (C=O) groups is 2. The molecule has 7 nitrogen and oxygen atoms in total. The van der Waals surface area contributed by atoms with E-state index in [9.17, 15) is 18.4 Å². The first-order valence-electron chi connectivity index (χ1n) is 11.0. The van der Waals surface area contributed by atoms with Gasteiger partial charge in [-0.3, -0.25) is 9.59 Å². The Bertz CT molecular complexity index is 1010. The molecule has 2 N–H and O–H groups in total. The second-order valence-electron chi connectivity index (χ2n) is 9.39. The Morgan fingerprint density at radius 2 is 1.76 bits per heavy atom. The van der Waals surface area contributed by atoms with Crippen molar-refractivity contribution in [2.45, 2.75) is 58.8 Å². The van der Waals surface area contributed by atoms with Gasteiger partial charge in [0.25, 0.3) is 12.3 Å². The molecule has 0 unspecified atom stereocenters. The van der Waals surface area contributed by atoms with Gasteiger partial charge in [0.1, 0.15) is 5.82 Å². The minimum absolute atomic E-state index is 0.0946. The van der Waals surface area contributed by atoms with Crippen molar-refractivity contribution in [3.05, 3.63) is 47.0 Å². The zero-order valence-corrected chi connectivity index (χ0v) is 19.4. The molecule has 0 spiro atoms. The lowest BCUT2D eigenvalue weighted by Gasteiger charge is -2.34. The normalized spacial score (nSPS) is 15.1. The molecule has 2 heterocycles. The largest absolute Gasteiger partial charge is 0.422 e. The molecule has 2 aromatic rings. The predicted molar refractivity (Wildman–Crippen MR) is 121 cm³/mol. The molecule has 1 aromatic carbocycles. The van der Waals surface area contributed by atoms with Gasteiger partial charge in [-0.25, -0.2) is 18.7 Å². The van der Waals surface area contributed by atoms with Crippen molar-refractivity contribution in [3.63, 3.8) is 0 Å². The summed E-state index contributed by atoms with van der Waals surface area (Å²) in [5.41, 5.74) is 6.54. The van der Waals surface area contributed by atoms with Crippen molar-refractivity contribution >= 4 is 17.6 Å². The molecule has 1 fully saturated rings. The fourth-order valence-corrected chi connectivity index (χ4v) is 3.99. The number of aromatic nitrogens is 2. The summed E-state index contributed by atoms with van der Waals surface area (Å²) in [6, 6.07) is 8.56. The molecular weight excluding hydrogens is 430 g/mol. The summed E-state index contributed by atoms with van der Waals surface area (Å²) in [5, 5.41) is 0. The van der Waals surface area contributed by atoms with Gasteiger partial charge >= 0.3 is 5.97 Å². The van der Waals surface area contributed by atoms with Crippen LogP contribution in [0.5, 0.6) is 5.75 Å². The lowest BCUT2D eigenvalue weighted by Crippen LogP contribution is -2.34. The zero-order chi connectivity index (χ0) is 24.3. The molecule has 33 heavy (non-hydrogen) atoms. The van der Waals surface area contributed by atoms with Crippen LogP contribution < -0.4 is 15.4 Å². The van der Waals surface area contributed by atoms with E-state index in [4.69, 9.17) is 10.5 Å². The highest BCUT2D eigenvalue weighted by atomic mass is 19.3. The van der Waals surface area contributed by atoms with Crippen molar-refractivity contribution in [1.82, 2.24) is 9.97 Å². The number of hydrogen-bond acceptors (Lipinski definition) is 6. The lowest BCUT2D eigenvalue weighted by atomic mass is 9.87. The van der Waals surface area contributed by atoms with E-state index < -0.39 is 35.4 Å². The molecule has 0 aliphatic carbocycles. The number of hydrogen-bond donors (Lipinski definition) is 1. The van der Waals surface area contributed by atoms with Gasteiger partial charge in [0, 0.05) is 32.1 Å². The van der Waals surface area contributed by atoms with Crippen molar-refractivity contribution in [1.29, 1.82) is 0 Å². The SMILES string of the molecule is CC(=O)Oc1c(C(N)=O)nc(CC2CCN(c3ccc(C(C)(C)C)cc3)CC2)nc1C(F)F. The van der Waals surface area contributed by atoms with Crippen LogP contribution in [-0.2, 0) is 16.6 Å². The predicted octanol–water partition coefficient (Wildman–Crippen LogP) is 4.20. The second kappa shape index (κ2) is 9.80. The van der Waals surface area contributed by atoms with Crippen molar-refractivity contribution in [3.8, 4) is 5.75 Å². The zero-order valence-electron chi connectivity index (χ0n) is 19.4. The second-order valence-corrected chi connectivity index (χ2v) is 9.39. The van der Waals surface area contributed by atoms with Crippen LogP contribution in [0.3, 0.4) is 0 Å². The summed E-state index contributed by atoms with van der Waals surface area (Å²) in [4.78, 5) is 33.4. The number of halogens is 2. The van der Waals surface area contributed by atoms with Gasteiger partial charge in [-0.05, 0) is 41.9 Å². The number of nitrogens with two attached hydrogens (primary N) is 1. The van der Waals surface area contributed by atoms with Gasteiger partial charge in [-0.1, -0.05) is 32.9 Å². The van der Waals surface area contributed by atoms with E-state index in [1.54, 1.807) is 0 Å². The molecule has 0 atom stereocenters. The Kier molecular flexibility index (Phi) is 7.29. The third-order valence-corrected chi connectivity index (χ3v) is 5.81. The number of amides is 1. The van der Waals surface area contributed by atoms with E-state index in [0.29, 0.717) is 6.42 Å². The first-order chi connectivity index (χ1) is 15.5. The number of nitrogens with zero attached hydrogens (tertiary/aromatic N) is 3. The minimum atomic E-state index is -3.04. The van der Waals surface area contributed by atoms with Gasteiger partial charge in [-0.2, -0.15) is 0 Å². The Hall–Kier alpha value is -3.10. The van der Waals surface area contributed by atoms with Gasteiger partial charge < -0.3 is 15.4 Å². The molecule has 1 aromatic heterocycles. The third-order valence-electron chi connectivity index (χ3n) is 5.81. The highest BCUT2D eigenvalue weighted by Gasteiger charge is 2.28. The maximum Gasteiger partial charge on any atom is 0.308 e. The van der Waals surface area contributed by atoms with Crippen LogP contribution in [0.1, 0.15) is 74.5 Å². The fraction of sp³-hybridized carbons (Fsp3) is 0.500. The molecule has 0 bridgehead atoms. The standard InChI is InChI=1S/C24H30F2N4O3/c1-14(31)33-21-19(22(25)26)28-18(29-20(21)23(27)32)13-15-9-11-30(12-10-15)17-7-5-16(6-8-17)24(2,3)4/h5-8,15,22H,9-13H2,1-4H3,(H2,27,32). The van der Waals surface area contributed by atoms with E-state index >= 15 is 0 Å². The molecule has 9 heteroatoms. The van der Waals surface area contributed by atoms with Gasteiger partial charge in [-0.15, -0.1) is 0 Å². The van der Waals surface area contributed by atoms with Crippen LogP contribution in [0.25, 0.3) is 0 Å². The number of ether oxygens (including phenoxy) is 1. The monoisotopic (exact) mass is 460 g/mol. The Morgan fingerprint density at radius 3 is 2.24 bits per heavy atom. The van der Waals surface area contributed by atoms with Gasteiger partial charge in [0.15, 0.2) is 17.1 Å². The number of rotatable bonds is 6. The van der Waals surface area contributed by atoms with Crippen LogP contribution >= 0.6 is 0 Å². The van der Waals surface area contributed by atoms with Gasteiger partial charge in [0.05, 0.1) is 0 Å². The number of anilines is 1. The van der Waals surface area contributed by atoms with E-state index in [1.165, 1.54) is 5.56 Å². The van der Waals surface area contributed by atoms with Crippen molar-refractivity contribution < 1.29 is 23.1 Å². The quantitative estimate of drug-likeness (QED) is 0.649. The van der Waals surface area contributed by atoms with Crippen LogP contribution in [0, 0.1) is 5.92 Å². The van der Waals surface area contributed by atoms with Crippen molar-refractivity contribution in [2.75, 3.05) is 18.0 Å². The smallest absolute Gasteiger partial charge is 0.308 e. The Morgan fingerprint density at radius 1 is 1.15 bits per heavy atom. The number of benzene rings is 1. The fourth-order valence-electron chi connectivity index (χ4n) is 3.99. The summed E-state index contributed by atoms with van der Waals surface area (Å²) < 4.78 is 31.9. The maximum atomic E-state index is 13.6. The number of piperidine rings is 1. The number of carbonyl (C=O) groups excluding carboxylic acids is 2. The molecule has 178 valence electrons. The van der Waals surface area contributed by atoms with Crippen LogP contribution in [0.15, 0.2) is 24.3 Å². The molecule has 1 saturated heterocycles. The van der Waals surface area contributed by atoms with Gasteiger partial charge in [0.2, 0.25) is 0 Å². The number of primary amides is 1. The van der Waals surface area contributed by atoms with E-state index in [1.807, 2.05) is 0 Å². The molecule has 1 aliphatic heterocycles. The molecular formula is C24H30F2N4O3. The topological polar surface area (TPSA) is 98.4 Å². The summed E-state index contributed by atoms with van der Waals surface area (Å²) in [7, 11) is 0. The molecule has 1 amide bonds. The highest BCUT2D eigenvalue weighted by Crippen LogP contribution is 2.32. The van der Waals surface area contributed by atoms with Crippen LogP contribution in [0.4, 0.5) is 14.5 Å². The average molecular weight is 461 g/mol. The summed E-state index contributed by atoms with van der Waals surface area (Å²) >= 11 is 0. The molecule has 0 radical (unpaired) electrons. The third kappa shape index (κ3) is 6.03. The Labute approximate surface area is 192 Å². The summed E-state index contributed by atoms with van der Waals surface area (Å²) in [6.07, 6.45) is -1.06. The molecule has 0 saturated carbocycles. The minimum Gasteiger partial charge on any atom is -0.422 e. The maximum absolute atomic E-state index is 13.6. The first kappa shape index (κ1) is 24.5. The summed E-state index contributed by atoms with van der Waals surface area (Å²) in [6.45, 7) is 9.20. The molecule has 3 rings (SSSR count). The average Bonchev–Trinajstić information content (AvgIpc) is 2.74.